The Labute approximate surface area is 191 Å². The van der Waals surface area contributed by atoms with Gasteiger partial charge in [0.1, 0.15) is 6.10 Å². The monoisotopic (exact) mass is 442 g/mol. The second-order valence-electron chi connectivity index (χ2n) is 8.72. The third-order valence-electron chi connectivity index (χ3n) is 5.76. The van der Waals surface area contributed by atoms with Crippen LogP contribution in [0.5, 0.6) is 0 Å². The van der Waals surface area contributed by atoms with Crippen molar-refractivity contribution in [2.75, 3.05) is 26.2 Å². The molecule has 0 amide bonds. The lowest BCUT2D eigenvalue weighted by atomic mass is 10.0. The standard InChI is InChI=1S/C22H44N2O.C3H6O3/c1-2-3-4-5-6-7-8-9-10-11-12-13-14-15-16-17-22-23-18-19-24(22)20-21-25;1-2(4)3(5)6/h25H,2-21H2,1H3;2,4H,1H3,(H,5,6). The van der Waals surface area contributed by atoms with Crippen molar-refractivity contribution in [1.82, 2.24) is 4.90 Å². The van der Waals surface area contributed by atoms with E-state index in [1.54, 1.807) is 0 Å². The lowest BCUT2D eigenvalue weighted by Gasteiger charge is -2.18. The first-order valence-electron chi connectivity index (χ1n) is 12.8. The molecule has 1 aliphatic heterocycles. The molecule has 0 saturated carbocycles. The molecule has 3 N–H and O–H groups in total. The highest BCUT2D eigenvalue weighted by atomic mass is 16.4. The Morgan fingerprint density at radius 1 is 0.903 bits per heavy atom. The van der Waals surface area contributed by atoms with Gasteiger partial charge in [0.2, 0.25) is 0 Å². The zero-order valence-corrected chi connectivity index (χ0v) is 20.4. The van der Waals surface area contributed by atoms with Crippen molar-refractivity contribution >= 4 is 11.8 Å². The van der Waals surface area contributed by atoms with Crippen molar-refractivity contribution < 1.29 is 20.1 Å². The van der Waals surface area contributed by atoms with Crippen molar-refractivity contribution in [3.63, 3.8) is 0 Å². The number of aliphatic hydroxyl groups is 2. The maximum Gasteiger partial charge on any atom is 0.332 e. The van der Waals surface area contributed by atoms with E-state index in [1.165, 1.54) is 109 Å². The van der Waals surface area contributed by atoms with Crippen LogP contribution in [-0.2, 0) is 4.79 Å². The van der Waals surface area contributed by atoms with Gasteiger partial charge < -0.3 is 20.2 Å². The molecule has 184 valence electrons. The van der Waals surface area contributed by atoms with Gasteiger partial charge in [-0.15, -0.1) is 0 Å². The molecule has 0 bridgehead atoms. The molecule has 0 aromatic rings. The van der Waals surface area contributed by atoms with Crippen LogP contribution in [0.3, 0.4) is 0 Å². The number of hydrogen-bond donors (Lipinski definition) is 3. The van der Waals surface area contributed by atoms with Crippen molar-refractivity contribution in [2.45, 2.75) is 123 Å². The summed E-state index contributed by atoms with van der Waals surface area (Å²) < 4.78 is 0. The Kier molecular flexibility index (Phi) is 21.3. The van der Waals surface area contributed by atoms with Crippen LogP contribution < -0.4 is 0 Å². The van der Waals surface area contributed by atoms with E-state index < -0.39 is 12.1 Å². The molecule has 1 heterocycles. The number of carboxylic acids is 1. The molecule has 1 rings (SSSR count). The number of β-amino-alcohol motifs (C(OH)–C–C–N with tert-alkyl or cyclic N) is 1. The summed E-state index contributed by atoms with van der Waals surface area (Å²) in [5, 5.41) is 24.8. The van der Waals surface area contributed by atoms with E-state index in [4.69, 9.17) is 15.3 Å². The number of aliphatic imine (C=N–C) groups is 1. The quantitative estimate of drug-likeness (QED) is 0.233. The molecule has 1 atom stereocenters. The molecule has 0 spiro atoms. The zero-order valence-electron chi connectivity index (χ0n) is 20.4. The third-order valence-corrected chi connectivity index (χ3v) is 5.76. The second kappa shape index (κ2) is 22.1. The van der Waals surface area contributed by atoms with E-state index in [2.05, 4.69) is 16.8 Å². The van der Waals surface area contributed by atoms with E-state index >= 15 is 0 Å². The van der Waals surface area contributed by atoms with Crippen LogP contribution in [0.1, 0.15) is 117 Å². The van der Waals surface area contributed by atoms with Crippen molar-refractivity contribution in [1.29, 1.82) is 0 Å². The maximum atomic E-state index is 9.45. The van der Waals surface area contributed by atoms with Gasteiger partial charge in [-0.3, -0.25) is 4.99 Å². The highest BCUT2D eigenvalue weighted by molar-refractivity contribution is 5.83. The van der Waals surface area contributed by atoms with E-state index in [9.17, 15) is 4.79 Å². The van der Waals surface area contributed by atoms with Crippen molar-refractivity contribution in [3.05, 3.63) is 0 Å². The predicted molar refractivity (Wildman–Crippen MR) is 130 cm³/mol. The number of rotatable bonds is 19. The molecule has 0 aliphatic carbocycles. The normalized spacial score (nSPS) is 14.2. The van der Waals surface area contributed by atoms with Crippen LogP contribution in [0, 0.1) is 0 Å². The van der Waals surface area contributed by atoms with Crippen LogP contribution in [0.25, 0.3) is 0 Å². The summed E-state index contributed by atoms with van der Waals surface area (Å²) >= 11 is 0. The minimum atomic E-state index is -1.23. The first-order valence-corrected chi connectivity index (χ1v) is 12.8. The van der Waals surface area contributed by atoms with E-state index in [0.29, 0.717) is 0 Å². The van der Waals surface area contributed by atoms with E-state index in [0.717, 1.165) is 26.1 Å². The van der Waals surface area contributed by atoms with Crippen LogP contribution in [0.15, 0.2) is 4.99 Å². The van der Waals surface area contributed by atoms with Crippen LogP contribution >= 0.6 is 0 Å². The Morgan fingerprint density at radius 3 is 1.71 bits per heavy atom. The Hall–Kier alpha value is -1.14. The number of aliphatic carboxylic acids is 1. The topological polar surface area (TPSA) is 93.4 Å². The van der Waals surface area contributed by atoms with Crippen LogP contribution in [0.2, 0.25) is 0 Å². The predicted octanol–water partition coefficient (Wildman–Crippen LogP) is 5.41. The van der Waals surface area contributed by atoms with E-state index in [-0.39, 0.29) is 6.61 Å². The summed E-state index contributed by atoms with van der Waals surface area (Å²) in [6.45, 7) is 6.43. The molecule has 0 radical (unpaired) electrons. The SMILES string of the molecule is CC(O)C(=O)O.CCCCCCCCCCCCCCCCCC1=NCCN1CCO. The second-order valence-corrected chi connectivity index (χ2v) is 8.72. The minimum absolute atomic E-state index is 0.248. The van der Waals surface area contributed by atoms with E-state index in [1.807, 2.05) is 0 Å². The number of carbonyl (C=O) groups is 1. The average Bonchev–Trinajstić information content (AvgIpc) is 3.18. The number of unbranched alkanes of at least 4 members (excludes halogenated alkanes) is 14. The van der Waals surface area contributed by atoms with Gasteiger partial charge in [-0.1, -0.05) is 96.8 Å². The number of nitrogens with zero attached hydrogens (tertiary/aromatic N) is 2. The van der Waals surface area contributed by atoms with Crippen molar-refractivity contribution in [3.8, 4) is 0 Å². The highest BCUT2D eigenvalue weighted by Crippen LogP contribution is 2.14. The minimum Gasteiger partial charge on any atom is -0.479 e. The molecule has 6 heteroatoms. The Bertz CT molecular complexity index is 441. The van der Waals surface area contributed by atoms with Gasteiger partial charge in [-0.25, -0.2) is 4.79 Å². The summed E-state index contributed by atoms with van der Waals surface area (Å²) in [7, 11) is 0. The first kappa shape index (κ1) is 29.9. The summed E-state index contributed by atoms with van der Waals surface area (Å²) in [4.78, 5) is 16.3. The fourth-order valence-electron chi connectivity index (χ4n) is 3.78. The Morgan fingerprint density at radius 2 is 1.32 bits per heavy atom. The maximum absolute atomic E-state index is 9.45. The number of carboxylic acid groups (broad SMARTS) is 1. The first-order chi connectivity index (χ1) is 15.0. The zero-order chi connectivity index (χ0) is 23.2. The molecule has 0 aromatic heterocycles. The van der Waals surface area contributed by atoms with Gasteiger partial charge in [-0.2, -0.15) is 0 Å². The summed E-state index contributed by atoms with van der Waals surface area (Å²) in [6, 6.07) is 0. The molecule has 0 saturated heterocycles. The molecular formula is C25H50N2O4. The smallest absolute Gasteiger partial charge is 0.332 e. The van der Waals surface area contributed by atoms with Gasteiger partial charge in [-0.05, 0) is 13.3 Å². The Balaban J connectivity index is 0.00000131. The van der Waals surface area contributed by atoms with Gasteiger partial charge >= 0.3 is 5.97 Å². The summed E-state index contributed by atoms with van der Waals surface area (Å²) in [5.74, 6) is 0.0544. The number of aliphatic hydroxyl groups excluding tert-OH is 2. The van der Waals surface area contributed by atoms with Crippen LogP contribution in [-0.4, -0.2) is 64.4 Å². The van der Waals surface area contributed by atoms with Crippen LogP contribution in [0.4, 0.5) is 0 Å². The fraction of sp³-hybridized carbons (Fsp3) is 0.920. The number of amidine groups is 1. The molecule has 1 aliphatic rings. The summed E-state index contributed by atoms with van der Waals surface area (Å²) in [6.07, 6.45) is 21.1. The molecule has 6 nitrogen and oxygen atoms in total. The summed E-state index contributed by atoms with van der Waals surface area (Å²) in [5.41, 5.74) is 0. The van der Waals surface area contributed by atoms with Gasteiger partial charge in [0.15, 0.2) is 0 Å². The number of hydrogen-bond acceptors (Lipinski definition) is 5. The van der Waals surface area contributed by atoms with Crippen molar-refractivity contribution in [2.24, 2.45) is 4.99 Å². The molecule has 1 unspecified atom stereocenters. The highest BCUT2D eigenvalue weighted by Gasteiger charge is 2.14. The molecule has 0 aromatic carbocycles. The molecular weight excluding hydrogens is 392 g/mol. The lowest BCUT2D eigenvalue weighted by Crippen LogP contribution is -2.30. The van der Waals surface area contributed by atoms with Gasteiger partial charge in [0.05, 0.1) is 19.0 Å². The van der Waals surface area contributed by atoms with Gasteiger partial charge in [0.25, 0.3) is 0 Å². The molecule has 31 heavy (non-hydrogen) atoms. The lowest BCUT2D eigenvalue weighted by molar-refractivity contribution is -0.145. The third kappa shape index (κ3) is 19.3. The average molecular weight is 443 g/mol. The molecule has 0 fully saturated rings. The van der Waals surface area contributed by atoms with Gasteiger partial charge in [0, 0.05) is 19.5 Å². The fourth-order valence-corrected chi connectivity index (χ4v) is 3.78. The largest absolute Gasteiger partial charge is 0.479 e.